The molecule has 1 unspecified atom stereocenters. The van der Waals surface area contributed by atoms with Crippen molar-refractivity contribution in [2.45, 2.75) is 6.17 Å². The summed E-state index contributed by atoms with van der Waals surface area (Å²) in [5.41, 5.74) is 9.49. The second-order valence-electron chi connectivity index (χ2n) is 13.0. The molecule has 1 aliphatic rings. The Morgan fingerprint density at radius 1 is 0.451 bits per heavy atom. The fourth-order valence-electron chi connectivity index (χ4n) is 7.40. The number of amidine groups is 2. The van der Waals surface area contributed by atoms with Crippen LogP contribution in [0.5, 0.6) is 0 Å². The summed E-state index contributed by atoms with van der Waals surface area (Å²) in [6, 6.07) is 61.6. The molecule has 4 heteroatoms. The highest BCUT2D eigenvalue weighted by molar-refractivity contribution is 6.24. The molecule has 2 heterocycles. The zero-order valence-electron chi connectivity index (χ0n) is 27.6. The number of hydrogen-bond acceptors (Lipinski definition) is 4. The van der Waals surface area contributed by atoms with E-state index in [0.717, 1.165) is 66.4 Å². The van der Waals surface area contributed by atoms with E-state index in [9.17, 15) is 0 Å². The van der Waals surface area contributed by atoms with Gasteiger partial charge in [-0.25, -0.2) is 9.98 Å². The smallest absolute Gasteiger partial charge is 0.160 e. The summed E-state index contributed by atoms with van der Waals surface area (Å²) in [5, 5.41) is 10.3. The fraction of sp³-hybridized carbons (Fsp3) is 0.0213. The number of rotatable bonds is 5. The van der Waals surface area contributed by atoms with Gasteiger partial charge in [0.05, 0.1) is 0 Å². The zero-order chi connectivity index (χ0) is 33.7. The molecule has 0 bridgehead atoms. The average molecular weight is 654 g/mol. The molecular weight excluding hydrogens is 623 g/mol. The van der Waals surface area contributed by atoms with Gasteiger partial charge in [0.1, 0.15) is 23.2 Å². The number of nitrogens with one attached hydrogen (secondary N) is 1. The minimum Gasteiger partial charge on any atom is -0.455 e. The van der Waals surface area contributed by atoms with Gasteiger partial charge in [0.25, 0.3) is 0 Å². The third kappa shape index (κ3) is 5.08. The van der Waals surface area contributed by atoms with E-state index in [1.165, 1.54) is 21.9 Å². The van der Waals surface area contributed by atoms with E-state index in [0.29, 0.717) is 5.84 Å². The van der Waals surface area contributed by atoms with Gasteiger partial charge in [-0.15, -0.1) is 0 Å². The van der Waals surface area contributed by atoms with E-state index in [1.54, 1.807) is 0 Å². The van der Waals surface area contributed by atoms with Gasteiger partial charge in [-0.3, -0.25) is 0 Å². The molecule has 240 valence electrons. The number of nitrogens with zero attached hydrogens (tertiary/aromatic N) is 2. The van der Waals surface area contributed by atoms with E-state index in [-0.39, 0.29) is 6.17 Å². The Morgan fingerprint density at radius 2 is 1.12 bits per heavy atom. The van der Waals surface area contributed by atoms with Crippen molar-refractivity contribution in [2.24, 2.45) is 9.98 Å². The van der Waals surface area contributed by atoms with Crippen LogP contribution in [0.15, 0.2) is 190 Å². The predicted octanol–water partition coefficient (Wildman–Crippen LogP) is 11.7. The van der Waals surface area contributed by atoms with Crippen LogP contribution in [0.25, 0.3) is 65.7 Å². The van der Waals surface area contributed by atoms with Gasteiger partial charge < -0.3 is 9.73 Å². The topological polar surface area (TPSA) is 49.9 Å². The van der Waals surface area contributed by atoms with Crippen molar-refractivity contribution in [1.29, 1.82) is 0 Å². The molecule has 10 rings (SSSR count). The van der Waals surface area contributed by atoms with E-state index in [2.05, 4.69) is 145 Å². The zero-order valence-corrected chi connectivity index (χ0v) is 27.6. The van der Waals surface area contributed by atoms with Crippen LogP contribution in [0.4, 0.5) is 0 Å². The van der Waals surface area contributed by atoms with Crippen LogP contribution >= 0.6 is 0 Å². The SMILES string of the molecule is c1ccc(C2=NC(c3cc4c5ccc(-c6ccc(-c7cccc8ccccc78)cc6)cc5oc4c4ccccc34)=NC(c3ccccc3)N2)cc1. The maximum absolute atomic E-state index is 6.70. The molecule has 51 heavy (non-hydrogen) atoms. The molecule has 9 aromatic rings. The van der Waals surface area contributed by atoms with Crippen molar-refractivity contribution in [2.75, 3.05) is 0 Å². The molecule has 0 amide bonds. The molecule has 0 saturated heterocycles. The molecule has 1 atom stereocenters. The molecule has 0 radical (unpaired) electrons. The minimum atomic E-state index is -0.279. The third-order valence-corrected chi connectivity index (χ3v) is 9.94. The van der Waals surface area contributed by atoms with E-state index in [1.807, 2.05) is 36.4 Å². The lowest BCUT2D eigenvalue weighted by atomic mass is 9.95. The molecule has 1 aromatic heterocycles. The second-order valence-corrected chi connectivity index (χ2v) is 13.0. The Hall–Kier alpha value is -6.78. The molecule has 0 fully saturated rings. The summed E-state index contributed by atoms with van der Waals surface area (Å²) in [5.74, 6) is 1.49. The summed E-state index contributed by atoms with van der Waals surface area (Å²) in [6.07, 6.45) is -0.279. The summed E-state index contributed by atoms with van der Waals surface area (Å²) in [4.78, 5) is 10.4. The molecule has 1 aliphatic heterocycles. The quantitative estimate of drug-likeness (QED) is 0.201. The first-order chi connectivity index (χ1) is 25.3. The molecule has 0 aliphatic carbocycles. The maximum atomic E-state index is 6.70. The standard InChI is InChI=1S/C47H31N3O/c1-3-13-33(14-4-1)45-48-46(34-15-5-2-6-16-34)50-47(49-45)42-29-41-39-27-26-35(28-43(39)51-44(41)40-20-10-9-19-38(40)42)30-22-24-32(25-23-30)37-21-11-17-31-12-7-8-18-36(31)37/h1-29,45H,(H,48,49,50). The molecule has 0 saturated carbocycles. The first-order valence-electron chi connectivity index (χ1n) is 17.3. The number of furan rings is 1. The number of hydrogen-bond donors (Lipinski definition) is 1. The summed E-state index contributed by atoms with van der Waals surface area (Å²) >= 11 is 0. The van der Waals surface area contributed by atoms with Crippen LogP contribution in [0.2, 0.25) is 0 Å². The first-order valence-corrected chi connectivity index (χ1v) is 17.3. The van der Waals surface area contributed by atoms with Gasteiger partial charge in [0.15, 0.2) is 5.84 Å². The van der Waals surface area contributed by atoms with Crippen molar-refractivity contribution in [3.05, 3.63) is 193 Å². The number of fused-ring (bicyclic) bond motifs is 6. The highest BCUT2D eigenvalue weighted by Crippen LogP contribution is 2.39. The van der Waals surface area contributed by atoms with Crippen LogP contribution in [0.1, 0.15) is 22.9 Å². The first kappa shape index (κ1) is 29.2. The molecule has 0 spiro atoms. The van der Waals surface area contributed by atoms with Crippen LogP contribution in [0.3, 0.4) is 0 Å². The normalized spacial score (nSPS) is 14.5. The number of benzene rings is 8. The van der Waals surface area contributed by atoms with Crippen LogP contribution in [0, 0.1) is 0 Å². The highest BCUT2D eigenvalue weighted by atomic mass is 16.3. The third-order valence-electron chi connectivity index (χ3n) is 9.94. The predicted molar refractivity (Wildman–Crippen MR) is 211 cm³/mol. The van der Waals surface area contributed by atoms with Gasteiger partial charge in [-0.1, -0.05) is 158 Å². The monoisotopic (exact) mass is 653 g/mol. The Labute approximate surface area is 295 Å². The van der Waals surface area contributed by atoms with E-state index >= 15 is 0 Å². The van der Waals surface area contributed by atoms with Gasteiger partial charge in [-0.05, 0) is 62.2 Å². The van der Waals surface area contributed by atoms with Crippen LogP contribution in [-0.4, -0.2) is 11.7 Å². The maximum Gasteiger partial charge on any atom is 0.160 e. The lowest BCUT2D eigenvalue weighted by Crippen LogP contribution is -2.33. The lowest BCUT2D eigenvalue weighted by molar-refractivity contribution is 0.672. The molecule has 1 N–H and O–H groups in total. The Bertz CT molecular complexity index is 2810. The van der Waals surface area contributed by atoms with E-state index < -0.39 is 0 Å². The Kier molecular flexibility index (Phi) is 6.85. The van der Waals surface area contributed by atoms with Gasteiger partial charge in [0.2, 0.25) is 0 Å². The minimum absolute atomic E-state index is 0.279. The largest absolute Gasteiger partial charge is 0.455 e. The fourth-order valence-corrected chi connectivity index (χ4v) is 7.40. The van der Waals surface area contributed by atoms with Crippen LogP contribution in [-0.2, 0) is 0 Å². The summed E-state index contributed by atoms with van der Waals surface area (Å²) in [7, 11) is 0. The Balaban J connectivity index is 1.09. The Morgan fingerprint density at radius 3 is 1.94 bits per heavy atom. The van der Waals surface area contributed by atoms with Gasteiger partial charge >= 0.3 is 0 Å². The van der Waals surface area contributed by atoms with Crippen LogP contribution < -0.4 is 5.32 Å². The van der Waals surface area contributed by atoms with Gasteiger partial charge in [-0.2, -0.15) is 0 Å². The van der Waals surface area contributed by atoms with Crippen molar-refractivity contribution < 1.29 is 4.42 Å². The van der Waals surface area contributed by atoms with E-state index in [4.69, 9.17) is 14.4 Å². The second kappa shape index (κ2) is 12.0. The molecule has 4 nitrogen and oxygen atoms in total. The number of aliphatic imine (C=N–C) groups is 2. The van der Waals surface area contributed by atoms with Crippen molar-refractivity contribution in [1.82, 2.24) is 5.32 Å². The average Bonchev–Trinajstić information content (AvgIpc) is 3.59. The molecular formula is C47H31N3O. The van der Waals surface area contributed by atoms with Crippen molar-refractivity contribution >= 4 is 55.2 Å². The van der Waals surface area contributed by atoms with Gasteiger partial charge in [0, 0.05) is 27.3 Å². The van der Waals surface area contributed by atoms with Crippen molar-refractivity contribution in [3.63, 3.8) is 0 Å². The lowest BCUT2D eigenvalue weighted by Gasteiger charge is -2.24. The molecule has 8 aromatic carbocycles. The van der Waals surface area contributed by atoms with Crippen molar-refractivity contribution in [3.8, 4) is 22.3 Å². The summed E-state index contributed by atoms with van der Waals surface area (Å²) < 4.78 is 6.70. The highest BCUT2D eigenvalue weighted by Gasteiger charge is 2.24. The summed E-state index contributed by atoms with van der Waals surface area (Å²) in [6.45, 7) is 0.